The fraction of sp³-hybridized carbons (Fsp3) is 0.158. The summed E-state index contributed by atoms with van der Waals surface area (Å²) in [6.45, 7) is 1.66. The van der Waals surface area contributed by atoms with Crippen LogP contribution in [0.3, 0.4) is 0 Å². The van der Waals surface area contributed by atoms with E-state index in [0.717, 1.165) is 21.4 Å². The Morgan fingerprint density at radius 3 is 2.54 bits per heavy atom. The average Bonchev–Trinajstić information content (AvgIpc) is 3.09. The summed E-state index contributed by atoms with van der Waals surface area (Å²) in [6.07, 6.45) is -0.745. The molecule has 0 aliphatic rings. The minimum atomic E-state index is -3.74. The first-order valence-electron chi connectivity index (χ1n) is 7.94. The van der Waals surface area contributed by atoms with Crippen LogP contribution >= 0.6 is 11.3 Å². The van der Waals surface area contributed by atoms with E-state index in [1.54, 1.807) is 19.1 Å². The maximum atomic E-state index is 13.2. The van der Waals surface area contributed by atoms with E-state index >= 15 is 0 Å². The van der Waals surface area contributed by atoms with Crippen LogP contribution in [0.2, 0.25) is 0 Å². The molecule has 26 heavy (non-hydrogen) atoms. The normalized spacial score (nSPS) is 12.9. The van der Waals surface area contributed by atoms with Gasteiger partial charge in [0.1, 0.15) is 11.9 Å². The second-order valence-corrected chi connectivity index (χ2v) is 8.79. The van der Waals surface area contributed by atoms with Gasteiger partial charge in [-0.3, -0.25) is 0 Å². The highest BCUT2D eigenvalue weighted by Crippen LogP contribution is 2.28. The zero-order valence-corrected chi connectivity index (χ0v) is 15.6. The zero-order valence-electron chi connectivity index (χ0n) is 14.0. The molecule has 0 bridgehead atoms. The largest absolute Gasteiger partial charge is 0.383 e. The maximum Gasteiger partial charge on any atom is 0.241 e. The molecule has 4 nitrogen and oxygen atoms in total. The van der Waals surface area contributed by atoms with Gasteiger partial charge in [0.2, 0.25) is 10.0 Å². The molecule has 0 spiro atoms. The van der Waals surface area contributed by atoms with Gasteiger partial charge in [0.25, 0.3) is 0 Å². The van der Waals surface area contributed by atoms with Crippen LogP contribution in [0.15, 0.2) is 65.6 Å². The molecule has 0 radical (unpaired) electrons. The van der Waals surface area contributed by atoms with Crippen molar-refractivity contribution in [2.75, 3.05) is 0 Å². The van der Waals surface area contributed by atoms with Gasteiger partial charge in [-0.15, -0.1) is 11.3 Å². The van der Waals surface area contributed by atoms with Crippen molar-refractivity contribution in [3.63, 3.8) is 0 Å². The number of rotatable bonds is 6. The number of sulfonamides is 1. The molecule has 0 amide bonds. The van der Waals surface area contributed by atoms with E-state index in [1.807, 2.05) is 30.3 Å². The third-order valence-electron chi connectivity index (χ3n) is 3.93. The second-order valence-electron chi connectivity index (χ2n) is 5.85. The third kappa shape index (κ3) is 4.19. The lowest BCUT2D eigenvalue weighted by Gasteiger charge is -2.09. The summed E-state index contributed by atoms with van der Waals surface area (Å²) in [7, 11) is -3.74. The third-order valence-corrected chi connectivity index (χ3v) is 6.63. The Morgan fingerprint density at radius 1 is 1.12 bits per heavy atom. The van der Waals surface area contributed by atoms with Gasteiger partial charge in [-0.1, -0.05) is 30.3 Å². The van der Waals surface area contributed by atoms with Gasteiger partial charge >= 0.3 is 0 Å². The van der Waals surface area contributed by atoms with E-state index in [9.17, 15) is 17.9 Å². The molecule has 1 atom stereocenters. The summed E-state index contributed by atoms with van der Waals surface area (Å²) in [5.74, 6) is -0.473. The molecule has 0 fully saturated rings. The quantitative estimate of drug-likeness (QED) is 0.672. The van der Waals surface area contributed by atoms with Crippen LogP contribution < -0.4 is 4.72 Å². The van der Waals surface area contributed by atoms with Crippen LogP contribution in [-0.2, 0) is 16.6 Å². The lowest BCUT2D eigenvalue weighted by molar-refractivity contribution is 0.224. The van der Waals surface area contributed by atoms with Gasteiger partial charge in [0.05, 0.1) is 4.90 Å². The Kier molecular flexibility index (Phi) is 5.52. The zero-order chi connectivity index (χ0) is 18.7. The van der Waals surface area contributed by atoms with Crippen LogP contribution in [0.1, 0.15) is 27.0 Å². The lowest BCUT2D eigenvalue weighted by atomic mass is 10.1. The number of nitrogens with one attached hydrogen (secondary N) is 1. The van der Waals surface area contributed by atoms with E-state index in [0.29, 0.717) is 5.56 Å². The van der Waals surface area contributed by atoms with E-state index in [-0.39, 0.29) is 11.4 Å². The predicted octanol–water partition coefficient (Wildman–Crippen LogP) is 3.76. The highest BCUT2D eigenvalue weighted by Gasteiger charge is 2.18. The Labute approximate surface area is 156 Å². The van der Waals surface area contributed by atoms with Crippen molar-refractivity contribution >= 4 is 21.4 Å². The predicted molar refractivity (Wildman–Crippen MR) is 100.0 cm³/mol. The monoisotopic (exact) mass is 391 g/mol. The van der Waals surface area contributed by atoms with E-state index in [1.165, 1.54) is 23.5 Å². The van der Waals surface area contributed by atoms with E-state index < -0.39 is 21.9 Å². The number of thiophene rings is 1. The van der Waals surface area contributed by atoms with Gasteiger partial charge in [0, 0.05) is 16.3 Å². The summed E-state index contributed by atoms with van der Waals surface area (Å²) >= 11 is 1.34. The lowest BCUT2D eigenvalue weighted by Crippen LogP contribution is -2.23. The number of halogens is 1. The van der Waals surface area contributed by atoms with Crippen LogP contribution in [0, 0.1) is 12.7 Å². The van der Waals surface area contributed by atoms with Crippen LogP contribution in [-0.4, -0.2) is 13.5 Å². The molecule has 0 aliphatic heterocycles. The number of benzene rings is 2. The van der Waals surface area contributed by atoms with Crippen molar-refractivity contribution in [3.05, 3.63) is 87.4 Å². The van der Waals surface area contributed by atoms with E-state index in [2.05, 4.69) is 4.72 Å². The molecular weight excluding hydrogens is 373 g/mol. The van der Waals surface area contributed by atoms with Crippen LogP contribution in [0.5, 0.6) is 0 Å². The van der Waals surface area contributed by atoms with Crippen molar-refractivity contribution in [2.24, 2.45) is 0 Å². The van der Waals surface area contributed by atoms with Crippen LogP contribution in [0.4, 0.5) is 4.39 Å². The molecule has 3 aromatic rings. The first-order valence-corrected chi connectivity index (χ1v) is 10.2. The molecule has 136 valence electrons. The SMILES string of the molecule is Cc1cc(F)ccc1S(=O)(=O)NCc1ccc(C(O)c2ccccc2)s1. The number of aryl methyl sites for hydroxylation is 1. The van der Waals surface area contributed by atoms with Gasteiger partial charge in [-0.2, -0.15) is 0 Å². The van der Waals surface area contributed by atoms with E-state index in [4.69, 9.17) is 0 Å². The minimum absolute atomic E-state index is 0.0556. The highest BCUT2D eigenvalue weighted by atomic mass is 32.2. The first kappa shape index (κ1) is 18.7. The summed E-state index contributed by atoms with van der Waals surface area (Å²) in [5.41, 5.74) is 1.13. The first-order chi connectivity index (χ1) is 12.4. The fourth-order valence-corrected chi connectivity index (χ4v) is 4.88. The van der Waals surface area contributed by atoms with Gasteiger partial charge < -0.3 is 5.11 Å². The molecule has 7 heteroatoms. The molecule has 0 saturated carbocycles. The topological polar surface area (TPSA) is 66.4 Å². The molecule has 1 heterocycles. The highest BCUT2D eigenvalue weighted by molar-refractivity contribution is 7.89. The number of aliphatic hydroxyl groups excluding tert-OH is 1. The molecule has 1 unspecified atom stereocenters. The second kappa shape index (κ2) is 7.67. The Hall–Kier alpha value is -2.06. The van der Waals surface area contributed by atoms with Gasteiger partial charge in [-0.05, 0) is 48.4 Å². The minimum Gasteiger partial charge on any atom is -0.383 e. The average molecular weight is 391 g/mol. The Bertz CT molecular complexity index is 1000. The molecule has 2 aromatic carbocycles. The van der Waals surface area contributed by atoms with Crippen molar-refractivity contribution in [2.45, 2.75) is 24.5 Å². The maximum absolute atomic E-state index is 13.2. The molecule has 3 rings (SSSR count). The van der Waals surface area contributed by atoms with Crippen LogP contribution in [0.25, 0.3) is 0 Å². The molecular formula is C19H18FNO3S2. The fourth-order valence-electron chi connectivity index (χ4n) is 2.59. The molecule has 0 aliphatic carbocycles. The number of aliphatic hydroxyl groups is 1. The van der Waals surface area contributed by atoms with Crippen molar-refractivity contribution < 1.29 is 17.9 Å². The van der Waals surface area contributed by atoms with Gasteiger partial charge in [0.15, 0.2) is 0 Å². The molecule has 2 N–H and O–H groups in total. The Balaban J connectivity index is 1.71. The summed E-state index contributed by atoms with van der Waals surface area (Å²) in [6, 6.07) is 16.4. The van der Waals surface area contributed by atoms with Crippen molar-refractivity contribution in [1.82, 2.24) is 4.72 Å². The van der Waals surface area contributed by atoms with Crippen molar-refractivity contribution in [3.8, 4) is 0 Å². The summed E-state index contributed by atoms with van der Waals surface area (Å²) in [4.78, 5) is 1.57. The molecule has 1 aromatic heterocycles. The molecule has 0 saturated heterocycles. The summed E-state index contributed by atoms with van der Waals surface area (Å²) < 4.78 is 40.5. The number of hydrogen-bond donors (Lipinski definition) is 2. The summed E-state index contributed by atoms with van der Waals surface area (Å²) in [5, 5.41) is 10.4. The van der Waals surface area contributed by atoms with Crippen molar-refractivity contribution in [1.29, 1.82) is 0 Å². The number of hydrogen-bond acceptors (Lipinski definition) is 4. The van der Waals surface area contributed by atoms with Gasteiger partial charge in [-0.25, -0.2) is 17.5 Å². The Morgan fingerprint density at radius 2 is 1.85 bits per heavy atom. The smallest absolute Gasteiger partial charge is 0.241 e. The standard InChI is InChI=1S/C19H18FNO3S2/c1-13-11-15(20)7-10-18(13)26(23,24)21-12-16-8-9-17(25-16)19(22)14-5-3-2-4-6-14/h2-11,19,21-22H,12H2,1H3.